The topological polar surface area (TPSA) is 104 Å². The molecule has 1 aromatic heterocycles. The number of aromatic nitrogens is 1. The normalized spacial score (nSPS) is 17.0. The lowest BCUT2D eigenvalue weighted by molar-refractivity contribution is -0.121. The number of carbonyl (C=O) groups is 2. The van der Waals surface area contributed by atoms with Crippen molar-refractivity contribution in [3.8, 4) is 11.5 Å². The van der Waals surface area contributed by atoms with Crippen LogP contribution in [0.3, 0.4) is 0 Å². The molecular formula is C33H34ClN3O5. The molecule has 3 N–H and O–H groups in total. The van der Waals surface area contributed by atoms with Gasteiger partial charge in [-0.25, -0.2) is 4.79 Å². The van der Waals surface area contributed by atoms with E-state index in [1.165, 1.54) is 18.4 Å². The molecule has 1 fully saturated rings. The van der Waals surface area contributed by atoms with Crippen LogP contribution in [-0.4, -0.2) is 52.8 Å². The Morgan fingerprint density at radius 2 is 1.76 bits per heavy atom. The number of ether oxygens (including phenoxy) is 2. The molecule has 1 saturated carbocycles. The Balaban J connectivity index is 1.24. The minimum Gasteiger partial charge on any atom is -0.491 e. The van der Waals surface area contributed by atoms with Gasteiger partial charge < -0.3 is 24.9 Å². The Morgan fingerprint density at radius 3 is 2.48 bits per heavy atom. The van der Waals surface area contributed by atoms with Crippen LogP contribution >= 0.6 is 11.6 Å². The maximum absolute atomic E-state index is 13.6. The standard InChI is InChI=1S/C33H34ClN3O5/c1-2-30(39)35-18-24(38)19-41-25-10-7-22(8-11-25)32-31-27(28-17-23(34)9-14-29(28)36-31)15-16-37(32)33(40)42-26-12-5-21(6-13-26)20-3-4-20/h5-14,17,20,24,32,36,38H,2-4,15-16,18-19H2,1H3,(H,35,39). The number of nitrogens with one attached hydrogen (secondary N) is 2. The zero-order chi connectivity index (χ0) is 29.2. The molecule has 2 amide bonds. The fourth-order valence-corrected chi connectivity index (χ4v) is 5.71. The summed E-state index contributed by atoms with van der Waals surface area (Å²) in [6, 6.07) is 20.7. The van der Waals surface area contributed by atoms with Crippen LogP contribution in [0.15, 0.2) is 66.7 Å². The van der Waals surface area contributed by atoms with Crippen molar-refractivity contribution in [3.05, 3.63) is 94.1 Å². The third-order valence-corrected chi connectivity index (χ3v) is 8.19. The average Bonchev–Trinajstić information content (AvgIpc) is 3.80. The van der Waals surface area contributed by atoms with E-state index in [-0.39, 0.29) is 19.1 Å². The maximum atomic E-state index is 13.6. The van der Waals surface area contributed by atoms with Crippen molar-refractivity contribution in [1.82, 2.24) is 15.2 Å². The number of aromatic amines is 1. The highest BCUT2D eigenvalue weighted by Crippen LogP contribution is 2.41. The average molecular weight is 588 g/mol. The molecule has 8 nitrogen and oxygen atoms in total. The highest BCUT2D eigenvalue weighted by molar-refractivity contribution is 6.31. The number of amides is 2. The molecule has 0 bridgehead atoms. The molecule has 6 rings (SSSR count). The second kappa shape index (κ2) is 12.1. The number of aliphatic hydroxyl groups excluding tert-OH is 1. The first-order chi connectivity index (χ1) is 20.4. The lowest BCUT2D eigenvalue weighted by atomic mass is 9.92. The van der Waals surface area contributed by atoms with E-state index in [2.05, 4.69) is 10.3 Å². The van der Waals surface area contributed by atoms with Gasteiger partial charge in [-0.3, -0.25) is 9.69 Å². The van der Waals surface area contributed by atoms with Crippen LogP contribution in [0.5, 0.6) is 11.5 Å². The fourth-order valence-electron chi connectivity index (χ4n) is 5.54. The Kier molecular flexibility index (Phi) is 8.09. The molecule has 0 saturated heterocycles. The third kappa shape index (κ3) is 6.10. The predicted octanol–water partition coefficient (Wildman–Crippen LogP) is 6.11. The van der Waals surface area contributed by atoms with Gasteiger partial charge in [-0.1, -0.05) is 42.8 Å². The van der Waals surface area contributed by atoms with E-state index in [1.807, 2.05) is 66.7 Å². The van der Waals surface area contributed by atoms with Crippen molar-refractivity contribution in [3.63, 3.8) is 0 Å². The molecule has 0 radical (unpaired) electrons. The second-order valence-electron chi connectivity index (χ2n) is 11.0. The van der Waals surface area contributed by atoms with E-state index in [4.69, 9.17) is 21.1 Å². The second-order valence-corrected chi connectivity index (χ2v) is 11.4. The number of hydrogen-bond acceptors (Lipinski definition) is 5. The first-order valence-electron chi connectivity index (χ1n) is 14.5. The third-order valence-electron chi connectivity index (χ3n) is 7.95. The van der Waals surface area contributed by atoms with E-state index in [1.54, 1.807) is 11.8 Å². The maximum Gasteiger partial charge on any atom is 0.416 e. The van der Waals surface area contributed by atoms with Crippen molar-refractivity contribution in [2.75, 3.05) is 19.7 Å². The molecule has 4 aromatic rings. The highest BCUT2D eigenvalue weighted by atomic mass is 35.5. The van der Waals surface area contributed by atoms with Gasteiger partial charge in [-0.15, -0.1) is 0 Å². The minimum atomic E-state index is -0.831. The van der Waals surface area contributed by atoms with Crippen LogP contribution < -0.4 is 14.8 Å². The summed E-state index contributed by atoms with van der Waals surface area (Å²) >= 11 is 6.34. The largest absolute Gasteiger partial charge is 0.491 e. The number of fused-ring (bicyclic) bond motifs is 3. The van der Waals surface area contributed by atoms with Crippen LogP contribution in [0.4, 0.5) is 4.79 Å². The summed E-state index contributed by atoms with van der Waals surface area (Å²) in [6.07, 6.45) is 2.21. The Bertz CT molecular complexity index is 1580. The molecule has 2 atom stereocenters. The van der Waals surface area contributed by atoms with Crippen molar-refractivity contribution in [2.45, 2.75) is 50.7 Å². The van der Waals surface area contributed by atoms with Crippen LogP contribution in [0.1, 0.15) is 60.5 Å². The van der Waals surface area contributed by atoms with Gasteiger partial charge in [0.05, 0.1) is 0 Å². The summed E-state index contributed by atoms with van der Waals surface area (Å²) < 4.78 is 11.6. The monoisotopic (exact) mass is 587 g/mol. The molecule has 0 spiro atoms. The number of aliphatic hydroxyl groups is 1. The lowest BCUT2D eigenvalue weighted by Crippen LogP contribution is -2.42. The summed E-state index contributed by atoms with van der Waals surface area (Å²) in [5.74, 6) is 1.61. The number of nitrogens with zero attached hydrogens (tertiary/aromatic N) is 1. The van der Waals surface area contributed by atoms with E-state index in [9.17, 15) is 14.7 Å². The van der Waals surface area contributed by atoms with Crippen LogP contribution in [-0.2, 0) is 11.2 Å². The number of rotatable bonds is 9. The SMILES string of the molecule is CCC(=O)NCC(O)COc1ccc(C2c3[nH]c4ccc(Cl)cc4c3CCN2C(=O)Oc2ccc(C3CC3)cc2)cc1. The molecule has 1 aliphatic heterocycles. The molecule has 3 aromatic carbocycles. The number of benzene rings is 3. The van der Waals surface area contributed by atoms with Crippen LogP contribution in [0, 0.1) is 0 Å². The van der Waals surface area contributed by atoms with E-state index < -0.39 is 18.2 Å². The number of carbonyl (C=O) groups excluding carboxylic acids is 2. The quantitative estimate of drug-likeness (QED) is 0.219. The lowest BCUT2D eigenvalue weighted by Gasteiger charge is -2.35. The molecule has 42 heavy (non-hydrogen) atoms. The molecular weight excluding hydrogens is 554 g/mol. The summed E-state index contributed by atoms with van der Waals surface area (Å²) in [7, 11) is 0. The van der Waals surface area contributed by atoms with Gasteiger partial charge in [0.2, 0.25) is 5.91 Å². The summed E-state index contributed by atoms with van der Waals surface area (Å²) in [5, 5.41) is 14.5. The van der Waals surface area contributed by atoms with Gasteiger partial charge >= 0.3 is 6.09 Å². The predicted molar refractivity (Wildman–Crippen MR) is 161 cm³/mol. The Labute approximate surface area is 249 Å². The van der Waals surface area contributed by atoms with E-state index in [0.717, 1.165) is 27.7 Å². The number of hydrogen-bond donors (Lipinski definition) is 3. The highest BCUT2D eigenvalue weighted by Gasteiger charge is 2.36. The van der Waals surface area contributed by atoms with Gasteiger partial charge in [-0.2, -0.15) is 0 Å². The first-order valence-corrected chi connectivity index (χ1v) is 14.8. The van der Waals surface area contributed by atoms with Gasteiger partial charge in [0, 0.05) is 41.1 Å². The molecule has 218 valence electrons. The zero-order valence-corrected chi connectivity index (χ0v) is 24.2. The number of H-pyrrole nitrogens is 1. The Morgan fingerprint density at radius 1 is 1.05 bits per heavy atom. The summed E-state index contributed by atoms with van der Waals surface area (Å²) in [6.45, 7) is 2.40. The number of halogens is 1. The molecule has 9 heteroatoms. The van der Waals surface area contributed by atoms with Gasteiger partial charge in [0.1, 0.15) is 30.3 Å². The molecule has 1 aliphatic carbocycles. The van der Waals surface area contributed by atoms with Crippen molar-refractivity contribution in [2.24, 2.45) is 0 Å². The van der Waals surface area contributed by atoms with Crippen LogP contribution in [0.25, 0.3) is 10.9 Å². The van der Waals surface area contributed by atoms with E-state index in [0.29, 0.717) is 41.8 Å². The van der Waals surface area contributed by atoms with Gasteiger partial charge in [0.25, 0.3) is 0 Å². The smallest absolute Gasteiger partial charge is 0.416 e. The fraction of sp³-hybridized carbons (Fsp3) is 0.333. The van der Waals surface area contributed by atoms with Crippen molar-refractivity contribution in [1.29, 1.82) is 0 Å². The molecule has 2 aliphatic rings. The summed E-state index contributed by atoms with van der Waals surface area (Å²) in [5.41, 5.74) is 5.19. The van der Waals surface area contributed by atoms with Gasteiger partial charge in [0.15, 0.2) is 0 Å². The van der Waals surface area contributed by atoms with Crippen molar-refractivity contribution < 1.29 is 24.2 Å². The van der Waals surface area contributed by atoms with Crippen LogP contribution in [0.2, 0.25) is 5.02 Å². The first kappa shape index (κ1) is 28.1. The zero-order valence-electron chi connectivity index (χ0n) is 23.4. The van der Waals surface area contributed by atoms with E-state index >= 15 is 0 Å². The minimum absolute atomic E-state index is 0.0394. The molecule has 2 heterocycles. The molecule has 2 unspecified atom stereocenters. The Hall–Kier alpha value is -4.01. The van der Waals surface area contributed by atoms with Gasteiger partial charge in [-0.05, 0) is 84.3 Å². The summed E-state index contributed by atoms with van der Waals surface area (Å²) in [4.78, 5) is 30.4. The van der Waals surface area contributed by atoms with Crippen molar-refractivity contribution >= 4 is 34.5 Å².